The van der Waals surface area contributed by atoms with Crippen molar-refractivity contribution in [2.45, 2.75) is 13.3 Å². The maximum absolute atomic E-state index is 11.2. The third-order valence-electron chi connectivity index (χ3n) is 2.29. The van der Waals surface area contributed by atoms with Gasteiger partial charge < -0.3 is 11.1 Å². The number of nitrogens with one attached hydrogen (secondary N) is 1. The Hall–Kier alpha value is -1.16. The smallest absolute Gasteiger partial charge is 0.161 e. The van der Waals surface area contributed by atoms with E-state index in [1.54, 1.807) is 6.07 Å². The van der Waals surface area contributed by atoms with Crippen LogP contribution in [0.1, 0.15) is 23.7 Å². The Labute approximate surface area is 101 Å². The lowest BCUT2D eigenvalue weighted by molar-refractivity contribution is 0.101. The molecule has 0 atom stereocenters. The molecule has 0 saturated heterocycles. The third kappa shape index (κ3) is 3.77. The highest BCUT2D eigenvalue weighted by Crippen LogP contribution is 2.18. The monoisotopic (exact) mass is 238 g/mol. The first kappa shape index (κ1) is 12.9. The van der Waals surface area contributed by atoms with Crippen LogP contribution in [0.4, 0.5) is 11.4 Å². The number of nitrogens with two attached hydrogens (primary N) is 1. The van der Waals surface area contributed by atoms with Gasteiger partial charge in [0.15, 0.2) is 5.78 Å². The fourth-order valence-electron chi connectivity index (χ4n) is 1.44. The first-order valence-corrected chi connectivity index (χ1v) is 6.68. The molecule has 3 N–H and O–H groups in total. The second kappa shape index (κ2) is 6.43. The number of hydrogen-bond donors (Lipinski definition) is 2. The van der Waals surface area contributed by atoms with E-state index in [-0.39, 0.29) is 5.78 Å². The summed E-state index contributed by atoms with van der Waals surface area (Å²) < 4.78 is 0. The van der Waals surface area contributed by atoms with E-state index in [2.05, 4.69) is 11.6 Å². The second-order valence-electron chi connectivity index (χ2n) is 3.63. The molecular weight excluding hydrogens is 220 g/mol. The van der Waals surface area contributed by atoms with E-state index in [4.69, 9.17) is 5.73 Å². The van der Waals surface area contributed by atoms with Gasteiger partial charge in [-0.25, -0.2) is 0 Å². The molecule has 1 aromatic carbocycles. The molecule has 0 aromatic heterocycles. The van der Waals surface area contributed by atoms with E-state index < -0.39 is 0 Å². The summed E-state index contributed by atoms with van der Waals surface area (Å²) in [6.45, 7) is 2.46. The van der Waals surface area contributed by atoms with Gasteiger partial charge in [-0.15, -0.1) is 0 Å². The summed E-state index contributed by atoms with van der Waals surface area (Å²) in [6.07, 6.45) is 3.22. The Morgan fingerprint density at radius 1 is 1.50 bits per heavy atom. The van der Waals surface area contributed by atoms with Crippen LogP contribution < -0.4 is 11.1 Å². The largest absolute Gasteiger partial charge is 0.398 e. The maximum atomic E-state index is 11.2. The maximum Gasteiger partial charge on any atom is 0.161 e. The van der Waals surface area contributed by atoms with Gasteiger partial charge >= 0.3 is 0 Å². The standard InChI is InChI=1S/C12H18N2OS/c1-9(15)11-5-4-10(8-12(11)13)14-6-3-7-16-2/h4-5,8,14H,3,6-7,13H2,1-2H3. The lowest BCUT2D eigenvalue weighted by Crippen LogP contribution is -2.05. The first-order chi connectivity index (χ1) is 7.65. The van der Waals surface area contributed by atoms with Gasteiger partial charge in [-0.1, -0.05) is 0 Å². The van der Waals surface area contributed by atoms with Crippen LogP contribution in [0, 0.1) is 0 Å². The zero-order valence-corrected chi connectivity index (χ0v) is 10.6. The van der Waals surface area contributed by atoms with Crippen LogP contribution in [0.15, 0.2) is 18.2 Å². The number of Topliss-reactive ketones (excluding diaryl/α,β-unsaturated/α-hetero) is 1. The Balaban J connectivity index is 2.56. The predicted molar refractivity (Wildman–Crippen MR) is 72.3 cm³/mol. The summed E-state index contributed by atoms with van der Waals surface area (Å²) in [5.74, 6) is 1.15. The van der Waals surface area contributed by atoms with Crippen molar-refractivity contribution in [3.8, 4) is 0 Å². The van der Waals surface area contributed by atoms with Crippen LogP contribution in [-0.4, -0.2) is 24.3 Å². The van der Waals surface area contributed by atoms with E-state index in [0.29, 0.717) is 11.3 Å². The topological polar surface area (TPSA) is 55.1 Å². The first-order valence-electron chi connectivity index (χ1n) is 5.28. The fourth-order valence-corrected chi connectivity index (χ4v) is 1.88. The number of benzene rings is 1. The van der Waals surface area contributed by atoms with Gasteiger partial charge in [-0.05, 0) is 43.6 Å². The molecule has 0 aliphatic heterocycles. The van der Waals surface area contributed by atoms with Crippen LogP contribution in [0.25, 0.3) is 0 Å². The van der Waals surface area contributed by atoms with Gasteiger partial charge in [0.25, 0.3) is 0 Å². The highest BCUT2D eigenvalue weighted by atomic mass is 32.2. The van der Waals surface area contributed by atoms with Crippen LogP contribution in [0.5, 0.6) is 0 Å². The minimum absolute atomic E-state index is 0.00596. The second-order valence-corrected chi connectivity index (χ2v) is 4.62. The minimum Gasteiger partial charge on any atom is -0.398 e. The normalized spacial score (nSPS) is 10.1. The third-order valence-corrected chi connectivity index (χ3v) is 2.98. The van der Waals surface area contributed by atoms with Crippen LogP contribution in [0.3, 0.4) is 0 Å². The van der Waals surface area contributed by atoms with Gasteiger partial charge in [-0.3, -0.25) is 4.79 Å². The number of nitrogen functional groups attached to an aromatic ring is 1. The Kier molecular flexibility index (Phi) is 5.19. The zero-order chi connectivity index (χ0) is 12.0. The molecule has 0 fully saturated rings. The fraction of sp³-hybridized carbons (Fsp3) is 0.417. The number of ketones is 1. The molecule has 0 heterocycles. The van der Waals surface area contributed by atoms with Crippen molar-refractivity contribution >= 4 is 28.9 Å². The van der Waals surface area contributed by atoms with Crippen molar-refractivity contribution in [3.05, 3.63) is 23.8 Å². The molecule has 0 aliphatic rings. The minimum atomic E-state index is 0.00596. The average Bonchev–Trinajstić information content (AvgIpc) is 2.24. The molecule has 1 aromatic rings. The van der Waals surface area contributed by atoms with Gasteiger partial charge in [0.05, 0.1) is 0 Å². The molecule has 16 heavy (non-hydrogen) atoms. The Bertz CT molecular complexity index is 366. The quantitative estimate of drug-likeness (QED) is 0.454. The molecule has 0 spiro atoms. The molecule has 88 valence electrons. The van der Waals surface area contributed by atoms with Crippen molar-refractivity contribution in [2.75, 3.05) is 29.6 Å². The number of hydrogen-bond acceptors (Lipinski definition) is 4. The number of anilines is 2. The molecule has 0 saturated carbocycles. The van der Waals surface area contributed by atoms with Crippen LogP contribution in [-0.2, 0) is 0 Å². The highest BCUT2D eigenvalue weighted by molar-refractivity contribution is 7.98. The molecule has 4 heteroatoms. The molecule has 3 nitrogen and oxygen atoms in total. The molecule has 0 radical (unpaired) electrons. The summed E-state index contributed by atoms with van der Waals surface area (Å²) in [4.78, 5) is 11.2. The van der Waals surface area contributed by atoms with E-state index in [1.807, 2.05) is 23.9 Å². The summed E-state index contributed by atoms with van der Waals surface area (Å²) in [6, 6.07) is 5.48. The van der Waals surface area contributed by atoms with Gasteiger partial charge in [0.2, 0.25) is 0 Å². The predicted octanol–water partition coefficient (Wildman–Crippen LogP) is 2.64. The molecule has 0 aliphatic carbocycles. The van der Waals surface area contributed by atoms with E-state index in [9.17, 15) is 4.79 Å². The van der Waals surface area contributed by atoms with Gasteiger partial charge in [-0.2, -0.15) is 11.8 Å². The van der Waals surface area contributed by atoms with E-state index >= 15 is 0 Å². The summed E-state index contributed by atoms with van der Waals surface area (Å²) >= 11 is 1.84. The van der Waals surface area contributed by atoms with Crippen LogP contribution in [0.2, 0.25) is 0 Å². The van der Waals surface area contributed by atoms with E-state index in [1.165, 1.54) is 6.92 Å². The van der Waals surface area contributed by atoms with E-state index in [0.717, 1.165) is 24.4 Å². The van der Waals surface area contributed by atoms with Crippen LogP contribution >= 0.6 is 11.8 Å². The molecule has 0 bridgehead atoms. The summed E-state index contributed by atoms with van der Waals surface area (Å²) in [5, 5.41) is 3.28. The summed E-state index contributed by atoms with van der Waals surface area (Å²) in [7, 11) is 0. The SMILES string of the molecule is CSCCCNc1ccc(C(C)=O)c(N)c1. The van der Waals surface area contributed by atoms with Crippen molar-refractivity contribution < 1.29 is 4.79 Å². The number of carbonyl (C=O) groups excluding carboxylic acids is 1. The van der Waals surface area contributed by atoms with Gasteiger partial charge in [0, 0.05) is 23.5 Å². The van der Waals surface area contributed by atoms with Crippen molar-refractivity contribution in [1.82, 2.24) is 0 Å². The molecular formula is C12H18N2OS. The zero-order valence-electron chi connectivity index (χ0n) is 9.75. The molecule has 0 amide bonds. The summed E-state index contributed by atoms with van der Waals surface area (Å²) in [5.41, 5.74) is 7.90. The lowest BCUT2D eigenvalue weighted by atomic mass is 10.1. The van der Waals surface area contributed by atoms with Gasteiger partial charge in [0.1, 0.15) is 0 Å². The van der Waals surface area contributed by atoms with Crippen molar-refractivity contribution in [3.63, 3.8) is 0 Å². The van der Waals surface area contributed by atoms with Crippen molar-refractivity contribution in [1.29, 1.82) is 0 Å². The van der Waals surface area contributed by atoms with Crippen molar-refractivity contribution in [2.24, 2.45) is 0 Å². The molecule has 1 rings (SSSR count). The number of thioether (sulfide) groups is 1. The Morgan fingerprint density at radius 2 is 2.25 bits per heavy atom. The Morgan fingerprint density at radius 3 is 2.81 bits per heavy atom. The number of carbonyl (C=O) groups is 1. The molecule has 0 unspecified atom stereocenters. The highest BCUT2D eigenvalue weighted by Gasteiger charge is 2.04. The average molecular weight is 238 g/mol. The lowest BCUT2D eigenvalue weighted by Gasteiger charge is -2.08. The number of rotatable bonds is 6.